The van der Waals surface area contributed by atoms with Crippen LogP contribution < -0.4 is 0 Å². The summed E-state index contributed by atoms with van der Waals surface area (Å²) < 4.78 is 76.2. The Labute approximate surface area is 336 Å². The lowest BCUT2D eigenvalue weighted by atomic mass is 10.0. The van der Waals surface area contributed by atoms with Gasteiger partial charge in [-0.1, -0.05) is 145 Å². The lowest BCUT2D eigenvalue weighted by Crippen LogP contribution is -2.02. The quantitative estimate of drug-likeness (QED) is 0.178. The van der Waals surface area contributed by atoms with Gasteiger partial charge in [0.1, 0.15) is 0 Å². The maximum atomic E-state index is 9.12. The van der Waals surface area contributed by atoms with Gasteiger partial charge < -0.3 is 4.57 Å². The summed E-state index contributed by atoms with van der Waals surface area (Å²) in [6, 6.07) is 41.2. The molecule has 2 bridgehead atoms. The van der Waals surface area contributed by atoms with Crippen LogP contribution in [-0.2, 0) is 0 Å². The molecular formula is C51H30N6. The van der Waals surface area contributed by atoms with Crippen molar-refractivity contribution in [3.8, 4) is 17.1 Å². The van der Waals surface area contributed by atoms with Gasteiger partial charge >= 0.3 is 0 Å². The largest absolute Gasteiger partial charge is 0.309 e. The first-order valence-corrected chi connectivity index (χ1v) is 18.6. The van der Waals surface area contributed by atoms with E-state index in [9.17, 15) is 0 Å². The molecule has 13 rings (SSSR count). The van der Waals surface area contributed by atoms with E-state index in [1.54, 1.807) is 18.2 Å². The Balaban J connectivity index is 1.25. The fraction of sp³-hybridized carbons (Fsp3) is 0. The van der Waals surface area contributed by atoms with Crippen LogP contribution in [0.15, 0.2) is 182 Å². The van der Waals surface area contributed by atoms with Gasteiger partial charge in [0, 0.05) is 54.3 Å². The molecular weight excluding hydrogens is 697 g/mol. The summed E-state index contributed by atoms with van der Waals surface area (Å²) in [6.07, 6.45) is 0. The molecule has 264 valence electrons. The van der Waals surface area contributed by atoms with Crippen molar-refractivity contribution in [2.75, 3.05) is 0 Å². The summed E-state index contributed by atoms with van der Waals surface area (Å²) in [5.41, 5.74) is 4.62. The summed E-state index contributed by atoms with van der Waals surface area (Å²) in [5.74, 6) is 1.05. The topological polar surface area (TPSA) is 52.4 Å². The molecule has 0 N–H and O–H groups in total. The van der Waals surface area contributed by atoms with Crippen LogP contribution in [0.1, 0.15) is 11.0 Å². The van der Waals surface area contributed by atoms with Crippen molar-refractivity contribution in [2.45, 2.75) is 0 Å². The lowest BCUT2D eigenvalue weighted by Gasteiger charge is -2.10. The third-order valence-corrected chi connectivity index (χ3v) is 11.3. The van der Waals surface area contributed by atoms with Crippen LogP contribution in [0.4, 0.5) is 0 Å². The Morgan fingerprint density at radius 3 is 1.35 bits per heavy atom. The second-order valence-corrected chi connectivity index (χ2v) is 14.2. The van der Waals surface area contributed by atoms with Crippen LogP contribution in [0.25, 0.3) is 116 Å². The molecule has 0 aliphatic heterocycles. The molecule has 0 aliphatic carbocycles. The van der Waals surface area contributed by atoms with E-state index >= 15 is 0 Å². The van der Waals surface area contributed by atoms with Gasteiger partial charge in [-0.05, 0) is 47.1 Å². The predicted octanol–water partition coefficient (Wildman–Crippen LogP) is 12.6. The second-order valence-electron chi connectivity index (χ2n) is 14.2. The molecule has 57 heavy (non-hydrogen) atoms. The zero-order chi connectivity index (χ0) is 44.2. The fourth-order valence-corrected chi connectivity index (χ4v) is 8.99. The molecule has 0 amide bonds. The molecule has 0 aliphatic rings. The van der Waals surface area contributed by atoms with Crippen LogP contribution in [0.2, 0.25) is 0 Å². The highest BCUT2D eigenvalue weighted by molar-refractivity contribution is 6.24. The Morgan fingerprint density at radius 2 is 0.807 bits per heavy atom. The number of para-hydroxylation sites is 6. The van der Waals surface area contributed by atoms with Crippen molar-refractivity contribution in [1.29, 1.82) is 0 Å². The number of fused-ring (bicyclic) bond motifs is 16. The first-order valence-electron chi connectivity index (χ1n) is 22.6. The normalized spacial score (nSPS) is 14.2. The molecule has 5 heterocycles. The van der Waals surface area contributed by atoms with E-state index < -0.39 is 36.3 Å². The minimum absolute atomic E-state index is 0.00370. The monoisotopic (exact) mass is 734 g/mol. The number of aromatic nitrogens is 6. The highest BCUT2D eigenvalue weighted by Crippen LogP contribution is 2.39. The van der Waals surface area contributed by atoms with Gasteiger partial charge in [-0.15, -0.1) is 0 Å². The molecule has 0 atom stereocenters. The molecule has 6 heteroatoms. The molecule has 0 saturated heterocycles. The van der Waals surface area contributed by atoms with Crippen molar-refractivity contribution >= 4 is 98.5 Å². The van der Waals surface area contributed by atoms with Gasteiger partial charge in [0.25, 0.3) is 0 Å². The Hall–Kier alpha value is -7.83. The maximum Gasteiger partial charge on any atom is 0.240 e. The Bertz CT molecular complexity index is 4110. The van der Waals surface area contributed by atoms with Gasteiger partial charge in [-0.3, -0.25) is 8.80 Å². The van der Waals surface area contributed by atoms with Crippen LogP contribution in [0, 0.1) is 0 Å². The summed E-state index contributed by atoms with van der Waals surface area (Å²) in [6.45, 7) is 0. The zero-order valence-electron chi connectivity index (χ0n) is 37.9. The summed E-state index contributed by atoms with van der Waals surface area (Å²) in [7, 11) is 0. The van der Waals surface area contributed by atoms with Crippen molar-refractivity contribution in [2.24, 2.45) is 0 Å². The average Bonchev–Trinajstić information content (AvgIpc) is 4.00. The lowest BCUT2D eigenvalue weighted by molar-refractivity contribution is 1.06. The van der Waals surface area contributed by atoms with E-state index in [0.717, 1.165) is 65.2 Å². The number of hydrogen-bond donors (Lipinski definition) is 0. The molecule has 8 aromatic carbocycles. The molecule has 0 saturated carbocycles. The maximum absolute atomic E-state index is 9.12. The SMILES string of the molecule is [2H]c1c([2H])c([2H])c2c(c1[2H])c1c([2H])c([2H])c([2H])c([2H])c1n2-c1cccc(-c2nc3nc(n2)n2c4ccccc4c4cccc(c5ccccc5c5cccc6c7ccccc7n3c56)c42)c1. The van der Waals surface area contributed by atoms with Gasteiger partial charge in [-0.25, -0.2) is 0 Å². The third kappa shape index (κ3) is 4.16. The highest BCUT2D eigenvalue weighted by atomic mass is 15.2. The number of hydrogen-bond acceptors (Lipinski definition) is 3. The molecule has 5 aromatic heterocycles. The van der Waals surface area contributed by atoms with E-state index in [4.69, 9.17) is 25.9 Å². The van der Waals surface area contributed by atoms with Crippen molar-refractivity contribution in [1.82, 2.24) is 28.3 Å². The Morgan fingerprint density at radius 1 is 0.368 bits per heavy atom. The first-order chi connectivity index (χ1) is 31.6. The molecule has 0 unspecified atom stereocenters. The van der Waals surface area contributed by atoms with Crippen LogP contribution in [-0.4, -0.2) is 28.3 Å². The van der Waals surface area contributed by atoms with E-state index in [2.05, 4.69) is 93.7 Å². The molecule has 0 radical (unpaired) electrons. The minimum Gasteiger partial charge on any atom is -0.309 e. The molecule has 6 nitrogen and oxygen atoms in total. The van der Waals surface area contributed by atoms with Gasteiger partial charge in [0.05, 0.1) is 44.1 Å². The summed E-state index contributed by atoms with van der Waals surface area (Å²) in [5, 5.41) is 8.21. The molecule has 0 spiro atoms. The Kier molecular flexibility index (Phi) is 4.75. The number of rotatable bonds is 2. The minimum atomic E-state index is -0.499. The highest BCUT2D eigenvalue weighted by Gasteiger charge is 2.19. The second kappa shape index (κ2) is 11.4. The third-order valence-electron chi connectivity index (χ3n) is 11.3. The standard InChI is InChI=1S/C51H30N6/c1-2-17-34-33(16-1)39-22-12-24-41-37-20-5-9-28-45(37)56(47(39)41)50-52-49(53-51(54-50)57-46-29-10-6-21-38(46)42-25-13-23-40(34)48(42)57)31-14-11-15-32(30-31)55-43-26-7-3-18-35(43)36-19-4-8-27-44(36)55/h1-30H/i3D,4D,7D,8D,18D,19D,26D,27D. The van der Waals surface area contributed by atoms with Crippen LogP contribution in [0.3, 0.4) is 0 Å². The van der Waals surface area contributed by atoms with Crippen LogP contribution >= 0.6 is 0 Å². The van der Waals surface area contributed by atoms with Gasteiger partial charge in [-0.2, -0.15) is 15.0 Å². The fourth-order valence-electron chi connectivity index (χ4n) is 8.99. The summed E-state index contributed by atoms with van der Waals surface area (Å²) in [4.78, 5) is 16.0. The van der Waals surface area contributed by atoms with Gasteiger partial charge in [0.2, 0.25) is 11.6 Å². The van der Waals surface area contributed by atoms with Crippen molar-refractivity contribution < 1.29 is 11.0 Å². The smallest absolute Gasteiger partial charge is 0.240 e. The number of nitrogens with zero attached hydrogens (tertiary/aromatic N) is 6. The average molecular weight is 735 g/mol. The first kappa shape index (κ1) is 23.8. The van der Waals surface area contributed by atoms with Crippen molar-refractivity contribution in [3.63, 3.8) is 0 Å². The zero-order valence-corrected chi connectivity index (χ0v) is 29.9. The predicted molar refractivity (Wildman–Crippen MR) is 235 cm³/mol. The van der Waals surface area contributed by atoms with E-state index in [-0.39, 0.29) is 33.9 Å². The van der Waals surface area contributed by atoms with Crippen molar-refractivity contribution in [3.05, 3.63) is 182 Å². The number of benzene rings is 8. The van der Waals surface area contributed by atoms with E-state index in [1.165, 1.54) is 4.57 Å². The summed E-state index contributed by atoms with van der Waals surface area (Å²) >= 11 is 0. The van der Waals surface area contributed by atoms with Crippen LogP contribution in [0.5, 0.6) is 0 Å². The molecule has 0 fully saturated rings. The molecule has 13 aromatic rings. The van der Waals surface area contributed by atoms with E-state index in [1.807, 2.05) is 30.3 Å². The van der Waals surface area contributed by atoms with E-state index in [0.29, 0.717) is 28.6 Å². The van der Waals surface area contributed by atoms with Gasteiger partial charge in [0.15, 0.2) is 5.82 Å².